The number of hydrogen-bond donors (Lipinski definition) is 0. The molecular formula is C15H17N3O5S3. The van der Waals surface area contributed by atoms with Crippen LogP contribution in [0.15, 0.2) is 22.4 Å². The van der Waals surface area contributed by atoms with Crippen LogP contribution < -0.4 is 0 Å². The lowest BCUT2D eigenvalue weighted by Gasteiger charge is -2.33. The van der Waals surface area contributed by atoms with Gasteiger partial charge in [-0.25, -0.2) is 8.42 Å². The molecule has 0 aromatic carbocycles. The second-order valence-corrected chi connectivity index (χ2v) is 10.6. The third-order valence-corrected chi connectivity index (χ3v) is 8.53. The Morgan fingerprint density at radius 2 is 1.81 bits per heavy atom. The molecule has 140 valence electrons. The van der Waals surface area contributed by atoms with Crippen molar-refractivity contribution in [1.29, 1.82) is 0 Å². The number of thiophene rings is 2. The summed E-state index contributed by atoms with van der Waals surface area (Å²) in [5.74, 6) is -0.296. The van der Waals surface area contributed by atoms with Crippen molar-refractivity contribution < 1.29 is 18.1 Å². The van der Waals surface area contributed by atoms with E-state index < -0.39 is 14.9 Å². The zero-order chi connectivity index (χ0) is 19.1. The van der Waals surface area contributed by atoms with Crippen molar-refractivity contribution in [2.75, 3.05) is 26.2 Å². The van der Waals surface area contributed by atoms with Crippen molar-refractivity contribution in [2.24, 2.45) is 0 Å². The van der Waals surface area contributed by atoms with E-state index in [-0.39, 0.29) is 37.8 Å². The molecule has 3 rings (SSSR count). The van der Waals surface area contributed by atoms with Gasteiger partial charge in [-0.3, -0.25) is 14.9 Å². The van der Waals surface area contributed by atoms with Crippen LogP contribution in [-0.4, -0.2) is 54.6 Å². The molecule has 1 fully saturated rings. The number of piperazine rings is 1. The van der Waals surface area contributed by atoms with Crippen LogP contribution in [0.5, 0.6) is 0 Å². The SMILES string of the molecule is Cc1ccc(S(=O)(=O)N2CCN(C(=O)c3cc([N+](=O)[O-])c(C)s3)CC2)s1. The molecule has 1 aliphatic rings. The van der Waals surface area contributed by atoms with E-state index in [0.29, 0.717) is 14.0 Å². The van der Waals surface area contributed by atoms with Gasteiger partial charge in [-0.15, -0.1) is 22.7 Å². The molecule has 0 bridgehead atoms. The van der Waals surface area contributed by atoms with E-state index in [1.807, 2.05) is 6.92 Å². The molecule has 2 aromatic rings. The second-order valence-electron chi connectivity index (χ2n) is 5.87. The summed E-state index contributed by atoms with van der Waals surface area (Å²) < 4.78 is 26.9. The average Bonchev–Trinajstić information content (AvgIpc) is 3.20. The van der Waals surface area contributed by atoms with Gasteiger partial charge >= 0.3 is 0 Å². The Labute approximate surface area is 158 Å². The zero-order valence-electron chi connectivity index (χ0n) is 14.2. The fourth-order valence-electron chi connectivity index (χ4n) is 2.72. The Balaban J connectivity index is 1.69. The highest BCUT2D eigenvalue weighted by molar-refractivity contribution is 7.91. The normalized spacial score (nSPS) is 16.0. The van der Waals surface area contributed by atoms with Gasteiger partial charge in [-0.2, -0.15) is 4.31 Å². The number of carbonyl (C=O) groups excluding carboxylic acids is 1. The molecule has 3 heterocycles. The minimum absolute atomic E-state index is 0.0624. The number of nitro groups is 1. The van der Waals surface area contributed by atoms with E-state index in [1.54, 1.807) is 24.0 Å². The smallest absolute Gasteiger partial charge is 0.283 e. The number of nitrogens with zero attached hydrogens (tertiary/aromatic N) is 3. The van der Waals surface area contributed by atoms with Crippen LogP contribution >= 0.6 is 22.7 Å². The lowest BCUT2D eigenvalue weighted by molar-refractivity contribution is -0.385. The highest BCUT2D eigenvalue weighted by atomic mass is 32.2. The van der Waals surface area contributed by atoms with E-state index in [1.165, 1.54) is 21.7 Å². The van der Waals surface area contributed by atoms with E-state index in [9.17, 15) is 23.3 Å². The number of aryl methyl sites for hydroxylation is 2. The van der Waals surface area contributed by atoms with Gasteiger partial charge in [0.15, 0.2) is 0 Å². The Morgan fingerprint density at radius 1 is 1.15 bits per heavy atom. The maximum Gasteiger partial charge on any atom is 0.283 e. The van der Waals surface area contributed by atoms with Crippen LogP contribution in [0.4, 0.5) is 5.69 Å². The Hall–Kier alpha value is -1.82. The fourth-order valence-corrected chi connectivity index (χ4v) is 6.54. The monoisotopic (exact) mass is 415 g/mol. The van der Waals surface area contributed by atoms with Gasteiger partial charge in [0.05, 0.1) is 14.7 Å². The highest BCUT2D eigenvalue weighted by Crippen LogP contribution is 2.30. The molecule has 0 atom stereocenters. The molecule has 26 heavy (non-hydrogen) atoms. The first-order valence-electron chi connectivity index (χ1n) is 7.81. The summed E-state index contributed by atoms with van der Waals surface area (Å²) in [6.07, 6.45) is 0. The lowest BCUT2D eigenvalue weighted by Crippen LogP contribution is -2.50. The van der Waals surface area contributed by atoms with Crippen LogP contribution in [0, 0.1) is 24.0 Å². The predicted octanol–water partition coefficient (Wildman–Crippen LogP) is 2.48. The average molecular weight is 416 g/mol. The van der Waals surface area contributed by atoms with E-state index in [0.717, 1.165) is 16.2 Å². The van der Waals surface area contributed by atoms with Gasteiger partial charge in [0, 0.05) is 37.1 Å². The van der Waals surface area contributed by atoms with Gasteiger partial charge in [0.1, 0.15) is 4.21 Å². The number of sulfonamides is 1. The molecule has 8 nitrogen and oxygen atoms in total. The van der Waals surface area contributed by atoms with Crippen molar-refractivity contribution in [1.82, 2.24) is 9.21 Å². The van der Waals surface area contributed by atoms with Gasteiger partial charge in [0.25, 0.3) is 21.6 Å². The van der Waals surface area contributed by atoms with Crippen molar-refractivity contribution in [2.45, 2.75) is 18.1 Å². The third-order valence-electron chi connectivity index (χ3n) is 4.13. The Bertz CT molecular complexity index is 955. The van der Waals surface area contributed by atoms with E-state index in [4.69, 9.17) is 0 Å². The summed E-state index contributed by atoms with van der Waals surface area (Å²) in [5, 5.41) is 10.9. The molecule has 11 heteroatoms. The number of amides is 1. The van der Waals surface area contributed by atoms with Gasteiger partial charge in [0.2, 0.25) is 0 Å². The fraction of sp³-hybridized carbons (Fsp3) is 0.400. The minimum atomic E-state index is -3.54. The van der Waals surface area contributed by atoms with Gasteiger partial charge in [-0.1, -0.05) is 0 Å². The van der Waals surface area contributed by atoms with Crippen molar-refractivity contribution in [3.63, 3.8) is 0 Å². The topological polar surface area (TPSA) is 101 Å². The molecule has 0 N–H and O–H groups in total. The quantitative estimate of drug-likeness (QED) is 0.564. The summed E-state index contributed by atoms with van der Waals surface area (Å²) in [6.45, 7) is 4.38. The Kier molecular flexibility index (Phi) is 5.15. The third kappa shape index (κ3) is 3.52. The summed E-state index contributed by atoms with van der Waals surface area (Å²) in [6, 6.07) is 4.66. The molecule has 0 aliphatic carbocycles. The molecule has 1 saturated heterocycles. The first-order valence-corrected chi connectivity index (χ1v) is 10.9. The molecule has 0 radical (unpaired) electrons. The molecule has 1 aliphatic heterocycles. The maximum atomic E-state index is 12.6. The molecule has 0 spiro atoms. The lowest BCUT2D eigenvalue weighted by atomic mass is 10.3. The molecular weight excluding hydrogens is 398 g/mol. The summed E-state index contributed by atoms with van der Waals surface area (Å²) in [4.78, 5) is 26.3. The summed E-state index contributed by atoms with van der Waals surface area (Å²) in [7, 11) is -3.54. The van der Waals surface area contributed by atoms with Gasteiger partial charge < -0.3 is 4.90 Å². The number of carbonyl (C=O) groups is 1. The van der Waals surface area contributed by atoms with Crippen LogP contribution in [0.2, 0.25) is 0 Å². The van der Waals surface area contributed by atoms with Crippen LogP contribution in [-0.2, 0) is 10.0 Å². The predicted molar refractivity (Wildman–Crippen MR) is 99.4 cm³/mol. The minimum Gasteiger partial charge on any atom is -0.335 e. The second kappa shape index (κ2) is 7.06. The highest BCUT2D eigenvalue weighted by Gasteiger charge is 2.32. The van der Waals surface area contributed by atoms with Crippen molar-refractivity contribution >= 4 is 44.3 Å². The van der Waals surface area contributed by atoms with Crippen LogP contribution in [0.1, 0.15) is 19.4 Å². The summed E-state index contributed by atoms with van der Waals surface area (Å²) in [5.41, 5.74) is -0.0624. The van der Waals surface area contributed by atoms with E-state index in [2.05, 4.69) is 0 Å². The van der Waals surface area contributed by atoms with Crippen molar-refractivity contribution in [3.05, 3.63) is 42.9 Å². The number of hydrogen-bond acceptors (Lipinski definition) is 7. The molecule has 0 saturated carbocycles. The maximum absolute atomic E-state index is 12.6. The zero-order valence-corrected chi connectivity index (χ0v) is 16.6. The molecule has 1 amide bonds. The first kappa shape index (κ1) is 19.0. The largest absolute Gasteiger partial charge is 0.335 e. The molecule has 2 aromatic heterocycles. The van der Waals surface area contributed by atoms with E-state index >= 15 is 0 Å². The van der Waals surface area contributed by atoms with Crippen LogP contribution in [0.25, 0.3) is 0 Å². The number of rotatable bonds is 4. The molecule has 0 unspecified atom stereocenters. The van der Waals surface area contributed by atoms with Crippen LogP contribution in [0.3, 0.4) is 0 Å². The standard InChI is InChI=1S/C15H17N3O5S3/c1-10-3-4-14(24-10)26(22,23)17-7-5-16(6-8-17)15(19)13-9-12(18(20)21)11(2)25-13/h3-4,9H,5-8H2,1-2H3. The summed E-state index contributed by atoms with van der Waals surface area (Å²) >= 11 is 2.31. The van der Waals surface area contributed by atoms with Crippen molar-refractivity contribution in [3.8, 4) is 0 Å². The Morgan fingerprint density at radius 3 is 2.31 bits per heavy atom. The first-order chi connectivity index (χ1) is 12.2. The van der Waals surface area contributed by atoms with Gasteiger partial charge in [-0.05, 0) is 26.0 Å².